The van der Waals surface area contributed by atoms with Crippen LogP contribution < -0.4 is 0 Å². The smallest absolute Gasteiger partial charge is 0.254 e. The molecular weight excluding hydrogens is 305 g/mol. The molecule has 1 saturated heterocycles. The zero-order valence-corrected chi connectivity index (χ0v) is 13.7. The van der Waals surface area contributed by atoms with E-state index in [0.29, 0.717) is 24.6 Å². The van der Waals surface area contributed by atoms with Gasteiger partial charge in [0.05, 0.1) is 0 Å². The maximum Gasteiger partial charge on any atom is 0.254 e. The lowest BCUT2D eigenvalue weighted by Crippen LogP contribution is -2.36. The summed E-state index contributed by atoms with van der Waals surface area (Å²) < 4.78 is 18.9. The highest BCUT2D eigenvalue weighted by Crippen LogP contribution is 2.19. The number of rotatable bonds is 5. The van der Waals surface area contributed by atoms with E-state index in [1.165, 1.54) is 12.1 Å². The van der Waals surface area contributed by atoms with Gasteiger partial charge in [0.1, 0.15) is 5.82 Å². The summed E-state index contributed by atoms with van der Waals surface area (Å²) in [5.41, 5.74) is 1.48. The Morgan fingerprint density at radius 3 is 2.54 bits per heavy atom. The molecule has 0 N–H and O–H groups in total. The van der Waals surface area contributed by atoms with Gasteiger partial charge in [-0.3, -0.25) is 4.79 Å². The molecule has 3 rings (SSSR count). The number of benzene rings is 2. The van der Waals surface area contributed by atoms with E-state index >= 15 is 0 Å². The van der Waals surface area contributed by atoms with Crippen LogP contribution in [-0.4, -0.2) is 30.6 Å². The third kappa shape index (κ3) is 4.42. The molecule has 1 heterocycles. The first-order valence-electron chi connectivity index (χ1n) is 8.39. The third-order valence-corrected chi connectivity index (χ3v) is 4.39. The number of amides is 1. The lowest BCUT2D eigenvalue weighted by Gasteiger charge is -2.30. The Kier molecular flexibility index (Phi) is 5.59. The van der Waals surface area contributed by atoms with Crippen LogP contribution in [0.4, 0.5) is 4.39 Å². The minimum absolute atomic E-state index is 0.121. The Labute approximate surface area is 142 Å². The molecule has 0 spiro atoms. The minimum Gasteiger partial charge on any atom is -0.381 e. The van der Waals surface area contributed by atoms with Gasteiger partial charge in [0, 0.05) is 31.9 Å². The van der Waals surface area contributed by atoms with Crippen molar-refractivity contribution in [2.24, 2.45) is 5.92 Å². The van der Waals surface area contributed by atoms with Gasteiger partial charge in [0.2, 0.25) is 0 Å². The molecule has 0 atom stereocenters. The van der Waals surface area contributed by atoms with E-state index in [1.54, 1.807) is 12.1 Å². The molecule has 2 aromatic carbocycles. The molecule has 3 nitrogen and oxygen atoms in total. The predicted octanol–water partition coefficient (Wildman–Crippen LogP) is 3.89. The first-order valence-corrected chi connectivity index (χ1v) is 8.39. The van der Waals surface area contributed by atoms with Crippen molar-refractivity contribution in [3.8, 4) is 0 Å². The van der Waals surface area contributed by atoms with Crippen molar-refractivity contribution in [1.29, 1.82) is 0 Å². The Bertz CT molecular complexity index is 668. The molecule has 4 heteroatoms. The quantitative estimate of drug-likeness (QED) is 0.834. The molecule has 2 aromatic rings. The van der Waals surface area contributed by atoms with Crippen molar-refractivity contribution < 1.29 is 13.9 Å². The number of ether oxygens (including phenoxy) is 1. The topological polar surface area (TPSA) is 29.5 Å². The van der Waals surface area contributed by atoms with Crippen LogP contribution in [0, 0.1) is 11.7 Å². The maximum atomic E-state index is 13.5. The molecule has 0 bridgehead atoms. The molecule has 1 aliphatic rings. The highest BCUT2D eigenvalue weighted by molar-refractivity contribution is 5.94. The van der Waals surface area contributed by atoms with Gasteiger partial charge < -0.3 is 9.64 Å². The van der Waals surface area contributed by atoms with E-state index in [1.807, 2.05) is 35.2 Å². The van der Waals surface area contributed by atoms with Gasteiger partial charge in [-0.25, -0.2) is 4.39 Å². The summed E-state index contributed by atoms with van der Waals surface area (Å²) in [5.74, 6) is -0.0728. The van der Waals surface area contributed by atoms with Gasteiger partial charge in [-0.1, -0.05) is 36.4 Å². The second kappa shape index (κ2) is 8.06. The summed E-state index contributed by atoms with van der Waals surface area (Å²) in [4.78, 5) is 14.7. The van der Waals surface area contributed by atoms with Crippen molar-refractivity contribution in [2.45, 2.75) is 19.4 Å². The molecule has 1 fully saturated rings. The van der Waals surface area contributed by atoms with E-state index in [2.05, 4.69) is 0 Å². The van der Waals surface area contributed by atoms with Crippen molar-refractivity contribution >= 4 is 5.91 Å². The number of hydrogen-bond acceptors (Lipinski definition) is 2. The van der Waals surface area contributed by atoms with E-state index in [9.17, 15) is 9.18 Å². The van der Waals surface area contributed by atoms with E-state index in [4.69, 9.17) is 4.74 Å². The summed E-state index contributed by atoms with van der Waals surface area (Å²) in [5, 5.41) is 0. The first kappa shape index (κ1) is 16.7. The average Bonchev–Trinajstić information content (AvgIpc) is 2.62. The molecule has 0 aliphatic carbocycles. The van der Waals surface area contributed by atoms with Gasteiger partial charge >= 0.3 is 0 Å². The molecule has 0 radical (unpaired) electrons. The predicted molar refractivity (Wildman–Crippen MR) is 91.1 cm³/mol. The number of hydrogen-bond donors (Lipinski definition) is 0. The second-order valence-corrected chi connectivity index (χ2v) is 6.24. The van der Waals surface area contributed by atoms with Crippen LogP contribution >= 0.6 is 0 Å². The van der Waals surface area contributed by atoms with Gasteiger partial charge in [-0.15, -0.1) is 0 Å². The molecule has 126 valence electrons. The van der Waals surface area contributed by atoms with E-state index in [-0.39, 0.29) is 11.7 Å². The van der Waals surface area contributed by atoms with E-state index < -0.39 is 0 Å². The molecule has 24 heavy (non-hydrogen) atoms. The molecule has 1 amide bonds. The Morgan fingerprint density at radius 2 is 1.83 bits per heavy atom. The van der Waals surface area contributed by atoms with Crippen LogP contribution in [0.15, 0.2) is 54.6 Å². The SMILES string of the molecule is O=C(c1cccc(F)c1)N(Cc1ccccc1)CC1CCOCC1. The van der Waals surface area contributed by atoms with Crippen molar-refractivity contribution in [3.05, 3.63) is 71.5 Å². The number of carbonyl (C=O) groups is 1. The number of nitrogens with zero attached hydrogens (tertiary/aromatic N) is 1. The molecule has 0 aromatic heterocycles. The maximum absolute atomic E-state index is 13.5. The fourth-order valence-corrected chi connectivity index (χ4v) is 3.07. The third-order valence-electron chi connectivity index (χ3n) is 4.39. The van der Waals surface area contributed by atoms with Crippen molar-refractivity contribution in [1.82, 2.24) is 4.90 Å². The van der Waals surface area contributed by atoms with Crippen LogP contribution in [0.1, 0.15) is 28.8 Å². The molecule has 1 aliphatic heterocycles. The van der Waals surface area contributed by atoms with Crippen LogP contribution in [0.2, 0.25) is 0 Å². The zero-order chi connectivity index (χ0) is 16.8. The lowest BCUT2D eigenvalue weighted by molar-refractivity contribution is 0.0445. The largest absolute Gasteiger partial charge is 0.381 e. The van der Waals surface area contributed by atoms with Gasteiger partial charge in [0.15, 0.2) is 0 Å². The van der Waals surface area contributed by atoms with Crippen LogP contribution in [0.5, 0.6) is 0 Å². The highest BCUT2D eigenvalue weighted by atomic mass is 19.1. The van der Waals surface area contributed by atoms with Gasteiger partial charge in [-0.2, -0.15) is 0 Å². The second-order valence-electron chi connectivity index (χ2n) is 6.24. The summed E-state index contributed by atoms with van der Waals surface area (Å²) in [6, 6.07) is 15.8. The average molecular weight is 327 g/mol. The minimum atomic E-state index is -0.383. The Morgan fingerprint density at radius 1 is 1.08 bits per heavy atom. The number of carbonyl (C=O) groups excluding carboxylic acids is 1. The number of halogens is 1. The highest BCUT2D eigenvalue weighted by Gasteiger charge is 2.22. The fraction of sp³-hybridized carbons (Fsp3) is 0.350. The summed E-state index contributed by atoms with van der Waals surface area (Å²) >= 11 is 0. The molecule has 0 saturated carbocycles. The van der Waals surface area contributed by atoms with E-state index in [0.717, 1.165) is 31.6 Å². The summed E-state index contributed by atoms with van der Waals surface area (Å²) in [6.45, 7) is 2.71. The lowest BCUT2D eigenvalue weighted by atomic mass is 9.99. The van der Waals surface area contributed by atoms with Gasteiger partial charge in [-0.05, 0) is 42.5 Å². The Balaban J connectivity index is 1.78. The molecule has 0 unspecified atom stereocenters. The summed E-state index contributed by atoms with van der Waals surface area (Å²) in [7, 11) is 0. The molecular formula is C20H22FNO2. The summed E-state index contributed by atoms with van der Waals surface area (Å²) in [6.07, 6.45) is 1.92. The standard InChI is InChI=1S/C20H22FNO2/c21-19-8-4-7-18(13-19)20(23)22(14-16-5-2-1-3-6-16)15-17-9-11-24-12-10-17/h1-8,13,17H,9-12,14-15H2. The normalized spacial score (nSPS) is 15.2. The van der Waals surface area contributed by atoms with Crippen molar-refractivity contribution in [3.63, 3.8) is 0 Å². The van der Waals surface area contributed by atoms with Crippen LogP contribution in [0.3, 0.4) is 0 Å². The fourth-order valence-electron chi connectivity index (χ4n) is 3.07. The van der Waals surface area contributed by atoms with Crippen LogP contribution in [-0.2, 0) is 11.3 Å². The monoisotopic (exact) mass is 327 g/mol. The zero-order valence-electron chi connectivity index (χ0n) is 13.7. The van der Waals surface area contributed by atoms with Gasteiger partial charge in [0.25, 0.3) is 5.91 Å². The first-order chi connectivity index (χ1) is 11.7. The Hall–Kier alpha value is -2.20. The van der Waals surface area contributed by atoms with Crippen LogP contribution in [0.25, 0.3) is 0 Å². The van der Waals surface area contributed by atoms with Crippen molar-refractivity contribution in [2.75, 3.05) is 19.8 Å².